The summed E-state index contributed by atoms with van der Waals surface area (Å²) in [4.78, 5) is 20.4. The van der Waals surface area contributed by atoms with Crippen molar-refractivity contribution in [3.63, 3.8) is 0 Å². The third-order valence-corrected chi connectivity index (χ3v) is 3.94. The quantitative estimate of drug-likeness (QED) is 0.617. The number of carbonyl (C=O) groups excluding carboxylic acids is 1. The molecule has 1 saturated heterocycles. The van der Waals surface area contributed by atoms with Crippen LogP contribution in [0.25, 0.3) is 0 Å². The van der Waals surface area contributed by atoms with E-state index in [0.717, 1.165) is 38.1 Å². The largest absolute Gasteiger partial charge is 0.450 e. The number of guanidine groups is 1. The summed E-state index contributed by atoms with van der Waals surface area (Å²) in [5.41, 5.74) is 0. The molecular weight excluding hydrogens is 268 g/mol. The van der Waals surface area contributed by atoms with Gasteiger partial charge in [-0.3, -0.25) is 4.99 Å². The van der Waals surface area contributed by atoms with E-state index in [-0.39, 0.29) is 6.09 Å². The van der Waals surface area contributed by atoms with Crippen LogP contribution in [0, 0.1) is 5.92 Å². The Bertz CT molecular complexity index is 361. The number of piperazine rings is 1. The molecule has 1 saturated carbocycles. The molecule has 0 spiro atoms. The molecule has 0 atom stereocenters. The summed E-state index contributed by atoms with van der Waals surface area (Å²) in [6.45, 7) is 9.17. The first-order valence-corrected chi connectivity index (χ1v) is 8.19. The van der Waals surface area contributed by atoms with Gasteiger partial charge in [0.05, 0.1) is 6.61 Å². The first kappa shape index (κ1) is 15.9. The molecule has 6 nitrogen and oxygen atoms in total. The lowest BCUT2D eigenvalue weighted by Gasteiger charge is -2.35. The number of ether oxygens (including phenoxy) is 1. The molecule has 2 rings (SSSR count). The lowest BCUT2D eigenvalue weighted by molar-refractivity contribution is 0.0914. The van der Waals surface area contributed by atoms with Gasteiger partial charge in [0.2, 0.25) is 0 Å². The van der Waals surface area contributed by atoms with Crippen molar-refractivity contribution in [2.75, 3.05) is 45.9 Å². The number of hydrogen-bond donors (Lipinski definition) is 1. The van der Waals surface area contributed by atoms with Crippen LogP contribution in [0.5, 0.6) is 0 Å². The maximum atomic E-state index is 11.7. The molecule has 0 aromatic rings. The standard InChI is InChI=1S/C15H28N4O2/c1-3-16-14(17-8-7-13-5-6-13)18-9-11-19(12-10-18)15(20)21-4-2/h13H,3-12H2,1-2H3,(H,16,17). The zero-order chi connectivity index (χ0) is 15.1. The van der Waals surface area contributed by atoms with Gasteiger partial charge < -0.3 is 19.9 Å². The van der Waals surface area contributed by atoms with Crippen molar-refractivity contribution in [3.05, 3.63) is 0 Å². The lowest BCUT2D eigenvalue weighted by Crippen LogP contribution is -2.53. The average molecular weight is 296 g/mol. The second-order valence-electron chi connectivity index (χ2n) is 5.64. The van der Waals surface area contributed by atoms with Crippen LogP contribution in [0.2, 0.25) is 0 Å². The molecule has 1 aliphatic carbocycles. The maximum absolute atomic E-state index is 11.7. The number of hydrogen-bond acceptors (Lipinski definition) is 3. The van der Waals surface area contributed by atoms with E-state index < -0.39 is 0 Å². The summed E-state index contributed by atoms with van der Waals surface area (Å²) in [5, 5.41) is 3.36. The van der Waals surface area contributed by atoms with E-state index >= 15 is 0 Å². The molecule has 1 amide bonds. The molecule has 6 heteroatoms. The van der Waals surface area contributed by atoms with Crippen LogP contribution in [0.3, 0.4) is 0 Å². The van der Waals surface area contributed by atoms with Gasteiger partial charge in [-0.2, -0.15) is 0 Å². The van der Waals surface area contributed by atoms with E-state index in [1.165, 1.54) is 19.3 Å². The van der Waals surface area contributed by atoms with E-state index in [1.807, 2.05) is 6.92 Å². The second kappa shape index (κ2) is 8.10. The molecule has 1 N–H and O–H groups in total. The van der Waals surface area contributed by atoms with Crippen LogP contribution in [0.1, 0.15) is 33.1 Å². The molecule has 2 aliphatic rings. The van der Waals surface area contributed by atoms with Crippen LogP contribution < -0.4 is 5.32 Å². The van der Waals surface area contributed by atoms with E-state index in [2.05, 4.69) is 17.1 Å². The van der Waals surface area contributed by atoms with Crippen LogP contribution >= 0.6 is 0 Å². The minimum Gasteiger partial charge on any atom is -0.450 e. The molecule has 0 bridgehead atoms. The molecule has 0 aromatic carbocycles. The molecule has 120 valence electrons. The number of rotatable bonds is 5. The van der Waals surface area contributed by atoms with E-state index in [9.17, 15) is 4.79 Å². The van der Waals surface area contributed by atoms with E-state index in [4.69, 9.17) is 9.73 Å². The number of nitrogens with zero attached hydrogens (tertiary/aromatic N) is 3. The number of amides is 1. The van der Waals surface area contributed by atoms with Crippen molar-refractivity contribution in [1.82, 2.24) is 15.1 Å². The Balaban J connectivity index is 1.79. The van der Waals surface area contributed by atoms with Gasteiger partial charge in [0, 0.05) is 39.3 Å². The van der Waals surface area contributed by atoms with Gasteiger partial charge in [0.25, 0.3) is 0 Å². The fraction of sp³-hybridized carbons (Fsp3) is 0.867. The van der Waals surface area contributed by atoms with Crippen molar-refractivity contribution < 1.29 is 9.53 Å². The predicted molar refractivity (Wildman–Crippen MR) is 83.5 cm³/mol. The van der Waals surface area contributed by atoms with Crippen LogP contribution in [0.15, 0.2) is 4.99 Å². The van der Waals surface area contributed by atoms with Crippen molar-refractivity contribution in [3.8, 4) is 0 Å². The Morgan fingerprint density at radius 2 is 1.86 bits per heavy atom. The third kappa shape index (κ3) is 5.10. The summed E-state index contributed by atoms with van der Waals surface area (Å²) in [7, 11) is 0. The molecule has 2 fully saturated rings. The normalized spacial score (nSPS) is 19.6. The highest BCUT2D eigenvalue weighted by Crippen LogP contribution is 2.32. The molecule has 0 radical (unpaired) electrons. The molecule has 1 aliphatic heterocycles. The Morgan fingerprint density at radius 3 is 2.43 bits per heavy atom. The van der Waals surface area contributed by atoms with Crippen LogP contribution in [-0.2, 0) is 4.74 Å². The Kier molecular flexibility index (Phi) is 6.14. The first-order valence-electron chi connectivity index (χ1n) is 8.19. The summed E-state index contributed by atoms with van der Waals surface area (Å²) in [5.74, 6) is 1.90. The van der Waals surface area contributed by atoms with Crippen molar-refractivity contribution >= 4 is 12.1 Å². The zero-order valence-electron chi connectivity index (χ0n) is 13.3. The highest BCUT2D eigenvalue weighted by Gasteiger charge is 2.24. The van der Waals surface area contributed by atoms with E-state index in [0.29, 0.717) is 19.7 Å². The summed E-state index contributed by atoms with van der Waals surface area (Å²) in [6, 6.07) is 0. The predicted octanol–water partition coefficient (Wildman–Crippen LogP) is 1.53. The van der Waals surface area contributed by atoms with Gasteiger partial charge in [-0.15, -0.1) is 0 Å². The van der Waals surface area contributed by atoms with Gasteiger partial charge in [0.1, 0.15) is 0 Å². The number of aliphatic imine (C=N–C) groups is 1. The topological polar surface area (TPSA) is 57.2 Å². The van der Waals surface area contributed by atoms with E-state index in [1.54, 1.807) is 4.90 Å². The monoisotopic (exact) mass is 296 g/mol. The summed E-state index contributed by atoms with van der Waals surface area (Å²) >= 11 is 0. The average Bonchev–Trinajstić information content (AvgIpc) is 3.31. The first-order chi connectivity index (χ1) is 10.2. The zero-order valence-corrected chi connectivity index (χ0v) is 13.3. The molecular formula is C15H28N4O2. The molecule has 21 heavy (non-hydrogen) atoms. The summed E-state index contributed by atoms with van der Waals surface area (Å²) in [6.07, 6.45) is 3.76. The number of carbonyl (C=O) groups is 1. The highest BCUT2D eigenvalue weighted by molar-refractivity contribution is 5.80. The van der Waals surface area contributed by atoms with Crippen molar-refractivity contribution in [1.29, 1.82) is 0 Å². The SMILES string of the molecule is CCNC(=NCCC1CC1)N1CCN(C(=O)OCC)CC1. The summed E-state index contributed by atoms with van der Waals surface area (Å²) < 4.78 is 5.05. The molecule has 0 unspecified atom stereocenters. The third-order valence-electron chi connectivity index (χ3n) is 3.94. The van der Waals surface area contributed by atoms with Gasteiger partial charge >= 0.3 is 6.09 Å². The van der Waals surface area contributed by atoms with Crippen molar-refractivity contribution in [2.45, 2.75) is 33.1 Å². The van der Waals surface area contributed by atoms with Gasteiger partial charge in [0.15, 0.2) is 5.96 Å². The fourth-order valence-electron chi connectivity index (χ4n) is 2.50. The Labute approximate surface area is 127 Å². The van der Waals surface area contributed by atoms with Crippen LogP contribution in [-0.4, -0.2) is 67.7 Å². The molecule has 0 aromatic heterocycles. The minimum atomic E-state index is -0.201. The molecule has 1 heterocycles. The second-order valence-corrected chi connectivity index (χ2v) is 5.64. The number of nitrogens with one attached hydrogen (secondary N) is 1. The van der Waals surface area contributed by atoms with Gasteiger partial charge in [-0.25, -0.2) is 4.79 Å². The fourth-order valence-corrected chi connectivity index (χ4v) is 2.50. The smallest absolute Gasteiger partial charge is 0.409 e. The Morgan fingerprint density at radius 1 is 1.19 bits per heavy atom. The van der Waals surface area contributed by atoms with Gasteiger partial charge in [-0.05, 0) is 26.2 Å². The lowest BCUT2D eigenvalue weighted by atomic mass is 10.3. The van der Waals surface area contributed by atoms with Crippen molar-refractivity contribution in [2.24, 2.45) is 10.9 Å². The van der Waals surface area contributed by atoms with Gasteiger partial charge in [-0.1, -0.05) is 12.8 Å². The maximum Gasteiger partial charge on any atom is 0.409 e. The Hall–Kier alpha value is -1.46. The van der Waals surface area contributed by atoms with Crippen LogP contribution in [0.4, 0.5) is 4.79 Å². The minimum absolute atomic E-state index is 0.201. The highest BCUT2D eigenvalue weighted by atomic mass is 16.6.